The Labute approximate surface area is 137 Å². The maximum absolute atomic E-state index is 13.7. The average Bonchev–Trinajstić information content (AvgIpc) is 2.94. The summed E-state index contributed by atoms with van der Waals surface area (Å²) in [6, 6.07) is 11.4. The van der Waals surface area contributed by atoms with E-state index in [-0.39, 0.29) is 16.3 Å². The summed E-state index contributed by atoms with van der Waals surface area (Å²) in [5, 5.41) is 4.17. The van der Waals surface area contributed by atoms with Crippen LogP contribution in [0.25, 0.3) is 11.3 Å². The lowest BCUT2D eigenvalue weighted by Gasteiger charge is -2.09. The third-order valence-electron chi connectivity index (χ3n) is 3.31. The average molecular weight is 349 g/mol. The third-order valence-corrected chi connectivity index (χ3v) is 4.67. The molecular weight excluding hydrogens is 336 g/mol. The minimum Gasteiger partial charge on any atom is -0.277 e. The number of aromatic nitrogens is 2. The number of nitrogens with zero attached hydrogens (tertiary/aromatic N) is 2. The van der Waals surface area contributed by atoms with Crippen LogP contribution in [0.1, 0.15) is 0 Å². The molecule has 1 heterocycles. The molecule has 0 unspecified atom stereocenters. The Hall–Kier alpha value is -2.74. The summed E-state index contributed by atoms with van der Waals surface area (Å²) in [6.07, 6.45) is 1.33. The van der Waals surface area contributed by atoms with Crippen molar-refractivity contribution in [3.63, 3.8) is 0 Å². The van der Waals surface area contributed by atoms with Crippen molar-refractivity contribution in [2.45, 2.75) is 4.90 Å². The van der Waals surface area contributed by atoms with Gasteiger partial charge in [-0.3, -0.25) is 9.40 Å². The zero-order valence-corrected chi connectivity index (χ0v) is 13.4. The number of anilines is 1. The number of rotatable bonds is 4. The fourth-order valence-corrected chi connectivity index (χ4v) is 3.50. The number of benzene rings is 2. The maximum atomic E-state index is 13.7. The molecule has 0 spiro atoms. The van der Waals surface area contributed by atoms with Crippen LogP contribution in [0.5, 0.6) is 0 Å². The van der Waals surface area contributed by atoms with Crippen LogP contribution in [0, 0.1) is 11.6 Å². The molecule has 0 atom stereocenters. The zero-order chi connectivity index (χ0) is 17.3. The van der Waals surface area contributed by atoms with Gasteiger partial charge in [0.2, 0.25) is 0 Å². The van der Waals surface area contributed by atoms with E-state index in [1.165, 1.54) is 10.9 Å². The van der Waals surface area contributed by atoms with Crippen molar-refractivity contribution in [1.29, 1.82) is 0 Å². The van der Waals surface area contributed by atoms with Crippen LogP contribution in [-0.2, 0) is 17.1 Å². The van der Waals surface area contributed by atoms with Gasteiger partial charge in [-0.2, -0.15) is 5.10 Å². The molecule has 8 heteroatoms. The Balaban J connectivity index is 2.05. The first kappa shape index (κ1) is 16.1. The van der Waals surface area contributed by atoms with Gasteiger partial charge in [0.05, 0.1) is 5.69 Å². The van der Waals surface area contributed by atoms with Crippen LogP contribution in [0.15, 0.2) is 59.6 Å². The van der Waals surface area contributed by atoms with Gasteiger partial charge in [0.1, 0.15) is 22.2 Å². The number of nitrogens with one attached hydrogen (secondary N) is 1. The highest BCUT2D eigenvalue weighted by Crippen LogP contribution is 2.28. The highest BCUT2D eigenvalue weighted by atomic mass is 32.2. The molecule has 0 fully saturated rings. The van der Waals surface area contributed by atoms with Crippen LogP contribution in [0.4, 0.5) is 14.5 Å². The monoisotopic (exact) mass is 349 g/mol. The molecular formula is C16H13F2N3O2S. The van der Waals surface area contributed by atoms with Gasteiger partial charge < -0.3 is 0 Å². The highest BCUT2D eigenvalue weighted by molar-refractivity contribution is 7.92. The van der Waals surface area contributed by atoms with Crippen molar-refractivity contribution in [1.82, 2.24) is 9.78 Å². The van der Waals surface area contributed by atoms with Gasteiger partial charge in [-0.1, -0.05) is 30.3 Å². The molecule has 0 aliphatic rings. The van der Waals surface area contributed by atoms with Crippen LogP contribution in [0.2, 0.25) is 0 Å². The van der Waals surface area contributed by atoms with Gasteiger partial charge in [-0.05, 0) is 12.1 Å². The molecule has 3 aromatic rings. The van der Waals surface area contributed by atoms with E-state index in [0.29, 0.717) is 11.6 Å². The molecule has 0 radical (unpaired) electrons. The topological polar surface area (TPSA) is 64.0 Å². The van der Waals surface area contributed by atoms with E-state index in [1.54, 1.807) is 37.4 Å². The molecule has 0 saturated heterocycles. The number of hydrogen-bond acceptors (Lipinski definition) is 3. The van der Waals surface area contributed by atoms with Gasteiger partial charge >= 0.3 is 0 Å². The summed E-state index contributed by atoms with van der Waals surface area (Å²) in [6.45, 7) is 0. The second kappa shape index (κ2) is 6.04. The molecule has 0 amide bonds. The predicted octanol–water partition coefficient (Wildman–Crippen LogP) is 3.17. The van der Waals surface area contributed by atoms with Crippen molar-refractivity contribution in [3.05, 3.63) is 66.4 Å². The summed E-state index contributed by atoms with van der Waals surface area (Å²) < 4.78 is 55.4. The number of aryl methyl sites for hydroxylation is 1. The van der Waals surface area contributed by atoms with Gasteiger partial charge in [-0.25, -0.2) is 17.2 Å². The van der Waals surface area contributed by atoms with E-state index in [2.05, 4.69) is 9.82 Å². The normalized spacial score (nSPS) is 11.5. The van der Waals surface area contributed by atoms with E-state index in [9.17, 15) is 17.2 Å². The van der Waals surface area contributed by atoms with Crippen molar-refractivity contribution >= 4 is 15.7 Å². The molecule has 1 aromatic heterocycles. The number of sulfonamides is 1. The van der Waals surface area contributed by atoms with Crippen molar-refractivity contribution < 1.29 is 17.2 Å². The second-order valence-electron chi connectivity index (χ2n) is 5.11. The fourth-order valence-electron chi connectivity index (χ4n) is 2.23. The highest BCUT2D eigenvalue weighted by Gasteiger charge is 2.24. The summed E-state index contributed by atoms with van der Waals surface area (Å²) in [4.78, 5) is -0.0973. The quantitative estimate of drug-likeness (QED) is 0.787. The van der Waals surface area contributed by atoms with Gasteiger partial charge in [0.15, 0.2) is 0 Å². The lowest BCUT2D eigenvalue weighted by atomic mass is 10.2. The van der Waals surface area contributed by atoms with E-state index >= 15 is 0 Å². The molecule has 24 heavy (non-hydrogen) atoms. The summed E-state index contributed by atoms with van der Waals surface area (Å²) in [7, 11) is -2.52. The van der Waals surface area contributed by atoms with E-state index in [1.807, 2.05) is 0 Å². The van der Waals surface area contributed by atoms with Gasteiger partial charge in [0, 0.05) is 24.9 Å². The minimum absolute atomic E-state index is 0.0973. The number of hydrogen-bond donors (Lipinski definition) is 1. The summed E-state index contributed by atoms with van der Waals surface area (Å²) in [5.74, 6) is -1.79. The minimum atomic E-state index is -4.10. The standard InChI is InChI=1S/C16H13F2N3O2S/c1-21-10-15(16(19-21)11-5-3-2-4-6-11)24(22,23)20-14-8-7-12(17)9-13(14)18/h2-10,20H,1H3. The Bertz CT molecular complexity index is 986. The SMILES string of the molecule is Cn1cc(S(=O)(=O)Nc2ccc(F)cc2F)c(-c2ccccc2)n1. The first-order valence-electron chi connectivity index (χ1n) is 6.94. The molecule has 0 saturated carbocycles. The van der Waals surface area contributed by atoms with Crippen LogP contribution in [0.3, 0.4) is 0 Å². The molecule has 0 bridgehead atoms. The Morgan fingerprint density at radius 3 is 2.46 bits per heavy atom. The van der Waals surface area contributed by atoms with E-state index in [4.69, 9.17) is 0 Å². The Kier molecular flexibility index (Phi) is 4.06. The van der Waals surface area contributed by atoms with Crippen LogP contribution >= 0.6 is 0 Å². The Morgan fingerprint density at radius 2 is 1.79 bits per heavy atom. The first-order chi connectivity index (χ1) is 11.4. The van der Waals surface area contributed by atoms with Crippen molar-refractivity contribution in [2.75, 3.05) is 4.72 Å². The molecule has 2 aromatic carbocycles. The molecule has 5 nitrogen and oxygen atoms in total. The molecule has 0 aliphatic heterocycles. The number of halogens is 2. The summed E-state index contributed by atoms with van der Waals surface area (Å²) in [5.41, 5.74) is 0.519. The lowest BCUT2D eigenvalue weighted by molar-refractivity contribution is 0.583. The largest absolute Gasteiger partial charge is 0.277 e. The second-order valence-corrected chi connectivity index (χ2v) is 6.76. The molecule has 1 N–H and O–H groups in total. The van der Waals surface area contributed by atoms with Crippen LogP contribution < -0.4 is 4.72 Å². The zero-order valence-electron chi connectivity index (χ0n) is 12.6. The Morgan fingerprint density at radius 1 is 1.08 bits per heavy atom. The lowest BCUT2D eigenvalue weighted by Crippen LogP contribution is -2.14. The predicted molar refractivity (Wildman–Crippen MR) is 85.8 cm³/mol. The molecule has 124 valence electrons. The fraction of sp³-hybridized carbons (Fsp3) is 0.0625. The van der Waals surface area contributed by atoms with Crippen LogP contribution in [-0.4, -0.2) is 18.2 Å². The van der Waals surface area contributed by atoms with Gasteiger partial charge in [0.25, 0.3) is 10.0 Å². The van der Waals surface area contributed by atoms with E-state index in [0.717, 1.165) is 12.1 Å². The maximum Gasteiger partial charge on any atom is 0.265 e. The van der Waals surface area contributed by atoms with Gasteiger partial charge in [-0.15, -0.1) is 0 Å². The van der Waals surface area contributed by atoms with E-state index < -0.39 is 21.7 Å². The third kappa shape index (κ3) is 3.13. The smallest absolute Gasteiger partial charge is 0.265 e. The van der Waals surface area contributed by atoms with Crippen molar-refractivity contribution in [2.24, 2.45) is 7.05 Å². The first-order valence-corrected chi connectivity index (χ1v) is 8.42. The molecule has 0 aliphatic carbocycles. The van der Waals surface area contributed by atoms with Crippen molar-refractivity contribution in [3.8, 4) is 11.3 Å². The molecule has 3 rings (SSSR count). The summed E-state index contributed by atoms with van der Waals surface area (Å²) >= 11 is 0.